The Kier molecular flexibility index (Phi) is 4.24. The Morgan fingerprint density at radius 3 is 2.67 bits per heavy atom. The molecule has 0 spiro atoms. The fourth-order valence-corrected chi connectivity index (χ4v) is 2.61. The van der Waals surface area contributed by atoms with Crippen LogP contribution in [0, 0.1) is 0 Å². The molecule has 1 amide bonds. The molecule has 24 heavy (non-hydrogen) atoms. The van der Waals surface area contributed by atoms with Gasteiger partial charge in [-0.1, -0.05) is 29.8 Å². The largest absolute Gasteiger partial charge is 0.416 e. The fraction of sp³-hybridized carbons (Fsp3) is 0.118. The zero-order chi connectivity index (χ0) is 17.3. The van der Waals surface area contributed by atoms with Gasteiger partial charge in [-0.05, 0) is 29.8 Å². The maximum Gasteiger partial charge on any atom is 0.416 e. The smallest absolute Gasteiger partial charge is 0.361 e. The Labute approximate surface area is 140 Å². The van der Waals surface area contributed by atoms with Crippen molar-refractivity contribution in [3.8, 4) is 0 Å². The van der Waals surface area contributed by atoms with Crippen LogP contribution in [0.5, 0.6) is 0 Å². The highest BCUT2D eigenvalue weighted by atomic mass is 35.5. The first-order valence-corrected chi connectivity index (χ1v) is 7.44. The van der Waals surface area contributed by atoms with Gasteiger partial charge in [-0.15, -0.1) is 0 Å². The molecule has 0 aliphatic rings. The minimum Gasteiger partial charge on any atom is -0.361 e. The summed E-state index contributed by atoms with van der Waals surface area (Å²) < 4.78 is 38.3. The van der Waals surface area contributed by atoms with Crippen LogP contribution in [0.25, 0.3) is 10.9 Å². The Balaban J connectivity index is 1.80. The lowest BCUT2D eigenvalue weighted by Crippen LogP contribution is -2.15. The normalized spacial score (nSPS) is 11.7. The van der Waals surface area contributed by atoms with E-state index < -0.39 is 17.6 Å². The highest BCUT2D eigenvalue weighted by Crippen LogP contribution is 2.33. The van der Waals surface area contributed by atoms with Gasteiger partial charge in [0.25, 0.3) is 0 Å². The van der Waals surface area contributed by atoms with Gasteiger partial charge in [-0.25, -0.2) is 0 Å². The van der Waals surface area contributed by atoms with Gasteiger partial charge >= 0.3 is 6.18 Å². The van der Waals surface area contributed by atoms with Crippen LogP contribution in [0.15, 0.2) is 48.7 Å². The quantitative estimate of drug-likeness (QED) is 0.683. The number of rotatable bonds is 3. The summed E-state index contributed by atoms with van der Waals surface area (Å²) in [4.78, 5) is 15.2. The topological polar surface area (TPSA) is 44.9 Å². The summed E-state index contributed by atoms with van der Waals surface area (Å²) in [5.41, 5.74) is 0.717. The summed E-state index contributed by atoms with van der Waals surface area (Å²) in [5.74, 6) is -0.444. The number of hydrogen-bond donors (Lipinski definition) is 2. The van der Waals surface area contributed by atoms with Gasteiger partial charge < -0.3 is 10.3 Å². The summed E-state index contributed by atoms with van der Waals surface area (Å²) in [6, 6.07) is 10.3. The molecular weight excluding hydrogens is 341 g/mol. The second-order valence-corrected chi connectivity index (χ2v) is 5.68. The molecular formula is C17H12ClF3N2O. The molecule has 1 aromatic heterocycles. The Bertz CT molecular complexity index is 902. The van der Waals surface area contributed by atoms with Crippen molar-refractivity contribution in [2.45, 2.75) is 12.6 Å². The van der Waals surface area contributed by atoms with Gasteiger partial charge in [0.2, 0.25) is 5.91 Å². The summed E-state index contributed by atoms with van der Waals surface area (Å²) in [7, 11) is 0. The molecule has 7 heteroatoms. The van der Waals surface area contributed by atoms with Gasteiger partial charge in [-0.2, -0.15) is 13.2 Å². The molecule has 0 bridgehead atoms. The number of aromatic amines is 1. The number of carbonyl (C=O) groups is 1. The SMILES string of the molecule is O=C(Cc1c[nH]c2ccccc12)Nc1cc(C(F)(F)F)ccc1Cl. The van der Waals surface area contributed by atoms with Crippen LogP contribution in [-0.2, 0) is 17.4 Å². The molecule has 0 aliphatic heterocycles. The number of fused-ring (bicyclic) bond motifs is 1. The van der Waals surface area contributed by atoms with Crippen LogP contribution in [-0.4, -0.2) is 10.9 Å². The highest BCUT2D eigenvalue weighted by Gasteiger charge is 2.31. The van der Waals surface area contributed by atoms with Gasteiger partial charge in [0.1, 0.15) is 0 Å². The van der Waals surface area contributed by atoms with Crippen molar-refractivity contribution in [3.05, 3.63) is 64.8 Å². The first kappa shape index (κ1) is 16.4. The van der Waals surface area contributed by atoms with Crippen molar-refractivity contribution in [3.63, 3.8) is 0 Å². The lowest BCUT2D eigenvalue weighted by molar-refractivity contribution is -0.137. The molecule has 3 nitrogen and oxygen atoms in total. The summed E-state index contributed by atoms with van der Waals surface area (Å²) >= 11 is 5.88. The maximum atomic E-state index is 12.8. The summed E-state index contributed by atoms with van der Waals surface area (Å²) in [5, 5.41) is 3.38. The molecule has 0 radical (unpaired) electrons. The molecule has 0 atom stereocenters. The number of benzene rings is 2. The highest BCUT2D eigenvalue weighted by molar-refractivity contribution is 6.33. The van der Waals surface area contributed by atoms with Gasteiger partial charge in [0.05, 0.1) is 22.7 Å². The number of nitrogens with one attached hydrogen (secondary N) is 2. The number of carbonyl (C=O) groups excluding carboxylic acids is 1. The predicted molar refractivity (Wildman–Crippen MR) is 87.1 cm³/mol. The maximum absolute atomic E-state index is 12.8. The van der Waals surface area contributed by atoms with Gasteiger partial charge in [0.15, 0.2) is 0 Å². The second-order valence-electron chi connectivity index (χ2n) is 5.28. The summed E-state index contributed by atoms with van der Waals surface area (Å²) in [6.45, 7) is 0. The lowest BCUT2D eigenvalue weighted by atomic mass is 10.1. The molecule has 0 saturated carbocycles. The summed E-state index contributed by atoms with van der Waals surface area (Å²) in [6.07, 6.45) is -2.77. The van der Waals surface area contributed by atoms with Crippen molar-refractivity contribution in [1.82, 2.24) is 4.98 Å². The van der Waals surface area contributed by atoms with Crippen molar-refractivity contribution in [1.29, 1.82) is 0 Å². The molecule has 0 fully saturated rings. The number of H-pyrrole nitrogens is 1. The van der Waals surface area contributed by atoms with E-state index in [4.69, 9.17) is 11.6 Å². The fourth-order valence-electron chi connectivity index (χ4n) is 2.44. The molecule has 2 aromatic carbocycles. The van der Waals surface area contributed by atoms with Crippen LogP contribution >= 0.6 is 11.6 Å². The Hall–Kier alpha value is -2.47. The van der Waals surface area contributed by atoms with Crippen LogP contribution in [0.2, 0.25) is 5.02 Å². The Morgan fingerprint density at radius 2 is 1.92 bits per heavy atom. The number of amides is 1. The average molecular weight is 353 g/mol. The molecule has 3 aromatic rings. The van der Waals surface area contributed by atoms with E-state index in [1.165, 1.54) is 0 Å². The number of para-hydroxylation sites is 1. The van der Waals surface area contributed by atoms with E-state index in [9.17, 15) is 18.0 Å². The third kappa shape index (κ3) is 3.38. The number of anilines is 1. The Morgan fingerprint density at radius 1 is 1.17 bits per heavy atom. The minimum atomic E-state index is -4.50. The molecule has 0 saturated heterocycles. The van der Waals surface area contributed by atoms with E-state index >= 15 is 0 Å². The molecule has 3 rings (SSSR count). The second kappa shape index (κ2) is 6.20. The first-order chi connectivity index (χ1) is 11.3. The van der Waals surface area contributed by atoms with Crippen LogP contribution in [0.4, 0.5) is 18.9 Å². The third-order valence-electron chi connectivity index (χ3n) is 3.59. The number of halogens is 4. The van der Waals surface area contributed by atoms with E-state index in [0.717, 1.165) is 34.7 Å². The van der Waals surface area contributed by atoms with Crippen LogP contribution in [0.3, 0.4) is 0 Å². The number of aromatic nitrogens is 1. The van der Waals surface area contributed by atoms with Crippen molar-refractivity contribution >= 4 is 34.1 Å². The van der Waals surface area contributed by atoms with Gasteiger partial charge in [0, 0.05) is 17.1 Å². The van der Waals surface area contributed by atoms with Crippen molar-refractivity contribution < 1.29 is 18.0 Å². The van der Waals surface area contributed by atoms with E-state index in [1.807, 2.05) is 24.3 Å². The van der Waals surface area contributed by atoms with Crippen LogP contribution < -0.4 is 5.32 Å². The van der Waals surface area contributed by atoms with Gasteiger partial charge in [-0.3, -0.25) is 4.79 Å². The van der Waals surface area contributed by atoms with E-state index in [0.29, 0.717) is 0 Å². The van der Waals surface area contributed by atoms with Crippen molar-refractivity contribution in [2.24, 2.45) is 0 Å². The number of alkyl halides is 3. The third-order valence-corrected chi connectivity index (χ3v) is 3.92. The molecule has 124 valence electrons. The number of hydrogen-bond acceptors (Lipinski definition) is 1. The lowest BCUT2D eigenvalue weighted by Gasteiger charge is -2.11. The van der Waals surface area contributed by atoms with Crippen LogP contribution in [0.1, 0.15) is 11.1 Å². The average Bonchev–Trinajstić information content (AvgIpc) is 2.91. The monoisotopic (exact) mass is 352 g/mol. The van der Waals surface area contributed by atoms with E-state index in [2.05, 4.69) is 10.3 Å². The standard InChI is InChI=1S/C17H12ClF3N2O/c18-13-6-5-11(17(19,20)21)8-15(13)23-16(24)7-10-9-22-14-4-2-1-3-12(10)14/h1-6,8-9,22H,7H2,(H,23,24). The molecule has 0 aliphatic carbocycles. The first-order valence-electron chi connectivity index (χ1n) is 7.06. The molecule has 0 unspecified atom stereocenters. The predicted octanol–water partition coefficient (Wildman–Crippen LogP) is 5.02. The van der Waals surface area contributed by atoms with Crippen molar-refractivity contribution in [2.75, 3.05) is 5.32 Å². The zero-order valence-electron chi connectivity index (χ0n) is 12.2. The zero-order valence-corrected chi connectivity index (χ0v) is 13.0. The minimum absolute atomic E-state index is 0.0244. The molecule has 2 N–H and O–H groups in total. The van der Waals surface area contributed by atoms with E-state index in [1.54, 1.807) is 6.20 Å². The molecule has 1 heterocycles. The van der Waals surface area contributed by atoms with E-state index in [-0.39, 0.29) is 17.1 Å².